The number of carbonyl (C=O) groups is 1. The van der Waals surface area contributed by atoms with E-state index in [1.54, 1.807) is 0 Å². The van der Waals surface area contributed by atoms with Crippen LogP contribution in [-0.2, 0) is 17.8 Å². The predicted molar refractivity (Wildman–Crippen MR) is 84.3 cm³/mol. The van der Waals surface area contributed by atoms with Crippen molar-refractivity contribution in [3.63, 3.8) is 0 Å². The third-order valence-corrected chi connectivity index (χ3v) is 3.17. The van der Waals surface area contributed by atoms with Gasteiger partial charge in [-0.05, 0) is 30.2 Å². The largest absolute Gasteiger partial charge is 0.483 e. The highest BCUT2D eigenvalue weighted by Gasteiger charge is 2.06. The molecule has 0 spiro atoms. The fraction of sp³-hybridized carbons (Fsp3) is 0.235. The zero-order valence-electron chi connectivity index (χ0n) is 12.1. The van der Waals surface area contributed by atoms with E-state index in [-0.39, 0.29) is 12.5 Å². The van der Waals surface area contributed by atoms with Crippen LogP contribution in [-0.4, -0.2) is 12.5 Å². The second-order valence-corrected chi connectivity index (χ2v) is 4.70. The van der Waals surface area contributed by atoms with Crippen molar-refractivity contribution in [1.29, 1.82) is 0 Å². The maximum absolute atomic E-state index is 11.9. The van der Waals surface area contributed by atoms with Crippen LogP contribution >= 0.6 is 0 Å². The van der Waals surface area contributed by atoms with Crippen LogP contribution in [0.3, 0.4) is 0 Å². The number of hydrogen-bond acceptors (Lipinski definition) is 3. The minimum Gasteiger partial charge on any atom is -0.483 e. The van der Waals surface area contributed by atoms with Gasteiger partial charge in [0.25, 0.3) is 5.91 Å². The molecule has 0 aliphatic carbocycles. The lowest BCUT2D eigenvalue weighted by Gasteiger charge is -2.11. The van der Waals surface area contributed by atoms with E-state index in [2.05, 4.69) is 12.2 Å². The normalized spacial score (nSPS) is 10.2. The molecule has 0 atom stereocenters. The Balaban J connectivity index is 1.92. The van der Waals surface area contributed by atoms with E-state index < -0.39 is 0 Å². The third-order valence-electron chi connectivity index (χ3n) is 3.17. The molecule has 0 fully saturated rings. The molecule has 2 rings (SSSR count). The second-order valence-electron chi connectivity index (χ2n) is 4.70. The summed E-state index contributed by atoms with van der Waals surface area (Å²) >= 11 is 0. The maximum Gasteiger partial charge on any atom is 0.262 e. The Labute approximate surface area is 124 Å². The van der Waals surface area contributed by atoms with Gasteiger partial charge in [-0.15, -0.1) is 0 Å². The van der Waals surface area contributed by atoms with Gasteiger partial charge in [-0.25, -0.2) is 0 Å². The van der Waals surface area contributed by atoms with Gasteiger partial charge in [0.05, 0.1) is 0 Å². The van der Waals surface area contributed by atoms with E-state index in [4.69, 9.17) is 10.5 Å². The summed E-state index contributed by atoms with van der Waals surface area (Å²) in [6.07, 6.45) is 0.935. The van der Waals surface area contributed by atoms with Crippen molar-refractivity contribution in [3.05, 3.63) is 59.7 Å². The number of carbonyl (C=O) groups excluding carboxylic acids is 1. The molecule has 2 aromatic carbocycles. The summed E-state index contributed by atoms with van der Waals surface area (Å²) in [4.78, 5) is 11.9. The predicted octanol–water partition coefficient (Wildman–Crippen LogP) is 2.73. The number of ether oxygens (including phenoxy) is 1. The number of aryl methyl sites for hydroxylation is 1. The van der Waals surface area contributed by atoms with Gasteiger partial charge in [-0.1, -0.05) is 37.3 Å². The first-order valence-corrected chi connectivity index (χ1v) is 7.02. The first kappa shape index (κ1) is 15.1. The van der Waals surface area contributed by atoms with Gasteiger partial charge in [-0.3, -0.25) is 4.79 Å². The van der Waals surface area contributed by atoms with Crippen molar-refractivity contribution >= 4 is 11.6 Å². The number of hydrogen-bond donors (Lipinski definition) is 2. The Morgan fingerprint density at radius 1 is 1.19 bits per heavy atom. The summed E-state index contributed by atoms with van der Waals surface area (Å²) < 4.78 is 5.53. The fourth-order valence-corrected chi connectivity index (χ4v) is 2.02. The summed E-state index contributed by atoms with van der Waals surface area (Å²) in [7, 11) is 0. The smallest absolute Gasteiger partial charge is 0.262 e. The van der Waals surface area contributed by atoms with Gasteiger partial charge in [0.15, 0.2) is 6.61 Å². The molecule has 4 heteroatoms. The molecule has 0 radical (unpaired) electrons. The number of rotatable bonds is 6. The minimum absolute atomic E-state index is 0.0344. The van der Waals surface area contributed by atoms with Gasteiger partial charge in [-0.2, -0.15) is 0 Å². The number of nitrogens with two attached hydrogens (primary N) is 1. The lowest BCUT2D eigenvalue weighted by Crippen LogP contribution is -2.20. The molecule has 1 amide bonds. The van der Waals surface area contributed by atoms with Crippen molar-refractivity contribution < 1.29 is 9.53 Å². The summed E-state index contributed by atoms with van der Waals surface area (Å²) in [5, 5.41) is 2.83. The number of benzene rings is 2. The van der Waals surface area contributed by atoms with E-state index in [0.717, 1.165) is 17.7 Å². The lowest BCUT2D eigenvalue weighted by molar-refractivity contribution is -0.118. The SMILES string of the molecule is CCc1cccc(NC(=O)COc2ccccc2CN)c1. The number of para-hydroxylation sites is 1. The summed E-state index contributed by atoms with van der Waals surface area (Å²) in [5.74, 6) is 0.465. The molecule has 0 saturated heterocycles. The highest BCUT2D eigenvalue weighted by molar-refractivity contribution is 5.91. The first-order chi connectivity index (χ1) is 10.2. The van der Waals surface area contributed by atoms with Gasteiger partial charge >= 0.3 is 0 Å². The molecule has 0 aliphatic rings. The van der Waals surface area contributed by atoms with Crippen LogP contribution in [0.15, 0.2) is 48.5 Å². The molecule has 2 aromatic rings. The van der Waals surface area contributed by atoms with Crippen molar-refractivity contribution in [2.24, 2.45) is 5.73 Å². The molecule has 4 nitrogen and oxygen atoms in total. The maximum atomic E-state index is 11.9. The Bertz CT molecular complexity index is 611. The Morgan fingerprint density at radius 3 is 2.76 bits per heavy atom. The minimum atomic E-state index is -0.185. The van der Waals surface area contributed by atoms with Gasteiger partial charge in [0, 0.05) is 17.8 Å². The molecule has 0 unspecified atom stereocenters. The molecular formula is C17H20N2O2. The zero-order valence-corrected chi connectivity index (χ0v) is 12.1. The van der Waals surface area contributed by atoms with Crippen molar-refractivity contribution in [3.8, 4) is 5.75 Å². The van der Waals surface area contributed by atoms with Crippen LogP contribution in [0.2, 0.25) is 0 Å². The average Bonchev–Trinajstić information content (AvgIpc) is 2.53. The average molecular weight is 284 g/mol. The molecule has 0 bridgehead atoms. The topological polar surface area (TPSA) is 64.3 Å². The molecule has 0 heterocycles. The highest BCUT2D eigenvalue weighted by Crippen LogP contribution is 2.17. The van der Waals surface area contributed by atoms with Crippen LogP contribution in [0, 0.1) is 0 Å². The summed E-state index contributed by atoms with van der Waals surface area (Å²) in [5.41, 5.74) is 8.49. The highest BCUT2D eigenvalue weighted by atomic mass is 16.5. The van der Waals surface area contributed by atoms with Crippen molar-refractivity contribution in [2.75, 3.05) is 11.9 Å². The zero-order chi connectivity index (χ0) is 15.1. The Morgan fingerprint density at radius 2 is 2.00 bits per heavy atom. The molecule has 3 N–H and O–H groups in total. The van der Waals surface area contributed by atoms with E-state index in [9.17, 15) is 4.79 Å². The van der Waals surface area contributed by atoms with Gasteiger partial charge in [0.1, 0.15) is 5.75 Å². The van der Waals surface area contributed by atoms with Crippen molar-refractivity contribution in [1.82, 2.24) is 0 Å². The summed E-state index contributed by atoms with van der Waals surface area (Å²) in [6, 6.07) is 15.2. The third kappa shape index (κ3) is 4.33. The van der Waals surface area contributed by atoms with Crippen LogP contribution in [0.4, 0.5) is 5.69 Å². The molecule has 0 aliphatic heterocycles. The van der Waals surface area contributed by atoms with Crippen LogP contribution in [0.1, 0.15) is 18.1 Å². The molecular weight excluding hydrogens is 264 g/mol. The molecule has 21 heavy (non-hydrogen) atoms. The number of amides is 1. The second kappa shape index (κ2) is 7.45. The number of nitrogens with one attached hydrogen (secondary N) is 1. The van der Waals surface area contributed by atoms with Crippen LogP contribution in [0.5, 0.6) is 5.75 Å². The Kier molecular flexibility index (Phi) is 5.35. The van der Waals surface area contributed by atoms with Crippen molar-refractivity contribution in [2.45, 2.75) is 19.9 Å². The van der Waals surface area contributed by atoms with Gasteiger partial charge in [0.2, 0.25) is 0 Å². The van der Waals surface area contributed by atoms with E-state index in [0.29, 0.717) is 12.3 Å². The quantitative estimate of drug-likeness (QED) is 0.857. The summed E-state index contributed by atoms with van der Waals surface area (Å²) in [6.45, 7) is 2.43. The molecule has 0 aromatic heterocycles. The van der Waals surface area contributed by atoms with Crippen LogP contribution < -0.4 is 15.8 Å². The van der Waals surface area contributed by atoms with E-state index >= 15 is 0 Å². The van der Waals surface area contributed by atoms with E-state index in [1.807, 2.05) is 48.5 Å². The Hall–Kier alpha value is -2.33. The monoisotopic (exact) mass is 284 g/mol. The van der Waals surface area contributed by atoms with E-state index in [1.165, 1.54) is 5.56 Å². The standard InChI is InChI=1S/C17H20N2O2/c1-2-13-6-5-8-15(10-13)19-17(20)12-21-16-9-4-3-7-14(16)11-18/h3-10H,2,11-12,18H2,1H3,(H,19,20). The fourth-order valence-electron chi connectivity index (χ4n) is 2.02. The molecule has 0 saturated carbocycles. The molecule has 110 valence electrons. The van der Waals surface area contributed by atoms with Crippen LogP contribution in [0.25, 0.3) is 0 Å². The lowest BCUT2D eigenvalue weighted by atomic mass is 10.1. The first-order valence-electron chi connectivity index (χ1n) is 7.02. The number of anilines is 1. The van der Waals surface area contributed by atoms with Gasteiger partial charge < -0.3 is 15.8 Å².